The molecule has 0 aromatic heterocycles. The molecule has 4 unspecified atom stereocenters. The summed E-state index contributed by atoms with van der Waals surface area (Å²) >= 11 is 0. The maximum absolute atomic E-state index is 3.86. The van der Waals surface area contributed by atoms with Gasteiger partial charge >= 0.3 is 0 Å². The minimum Gasteiger partial charge on any atom is -0.313 e. The van der Waals surface area contributed by atoms with Gasteiger partial charge in [-0.25, -0.2) is 0 Å². The standard InChI is InChI=1S/C17H35N/c1-6-11-18-17(14(5)13(3)4)16-10-8-9-15(7-2)12-16/h13-18H,6-12H2,1-5H3. The molecule has 108 valence electrons. The summed E-state index contributed by atoms with van der Waals surface area (Å²) in [5, 5.41) is 3.86. The maximum Gasteiger partial charge on any atom is 0.0123 e. The number of hydrogen-bond donors (Lipinski definition) is 1. The summed E-state index contributed by atoms with van der Waals surface area (Å²) in [5.74, 6) is 3.51. The molecule has 1 aliphatic carbocycles. The van der Waals surface area contributed by atoms with Gasteiger partial charge in [-0.15, -0.1) is 0 Å². The third kappa shape index (κ3) is 4.57. The van der Waals surface area contributed by atoms with Gasteiger partial charge in [0.2, 0.25) is 0 Å². The lowest BCUT2D eigenvalue weighted by Crippen LogP contribution is -2.45. The number of nitrogens with one attached hydrogen (secondary N) is 1. The highest BCUT2D eigenvalue weighted by atomic mass is 14.9. The molecule has 18 heavy (non-hydrogen) atoms. The van der Waals surface area contributed by atoms with E-state index in [-0.39, 0.29) is 0 Å². The van der Waals surface area contributed by atoms with Crippen LogP contribution in [-0.2, 0) is 0 Å². The highest BCUT2D eigenvalue weighted by Crippen LogP contribution is 2.36. The van der Waals surface area contributed by atoms with Gasteiger partial charge in [0.1, 0.15) is 0 Å². The van der Waals surface area contributed by atoms with Gasteiger partial charge in [-0.3, -0.25) is 0 Å². The van der Waals surface area contributed by atoms with Crippen LogP contribution in [0.15, 0.2) is 0 Å². The third-order valence-electron chi connectivity index (χ3n) is 5.16. The monoisotopic (exact) mass is 253 g/mol. The fourth-order valence-corrected chi connectivity index (χ4v) is 3.54. The van der Waals surface area contributed by atoms with Crippen molar-refractivity contribution in [3.8, 4) is 0 Å². The minimum absolute atomic E-state index is 0.749. The molecule has 0 heterocycles. The molecule has 0 spiro atoms. The number of hydrogen-bond acceptors (Lipinski definition) is 1. The van der Waals surface area contributed by atoms with Gasteiger partial charge < -0.3 is 5.32 Å². The van der Waals surface area contributed by atoms with E-state index in [1.807, 2.05) is 0 Å². The summed E-state index contributed by atoms with van der Waals surface area (Å²) < 4.78 is 0. The van der Waals surface area contributed by atoms with Gasteiger partial charge in [-0.1, -0.05) is 53.9 Å². The van der Waals surface area contributed by atoms with Crippen LogP contribution in [0.5, 0.6) is 0 Å². The van der Waals surface area contributed by atoms with Crippen LogP contribution in [-0.4, -0.2) is 12.6 Å². The smallest absolute Gasteiger partial charge is 0.0123 e. The summed E-state index contributed by atoms with van der Waals surface area (Å²) in [5.41, 5.74) is 0. The molecule has 1 N–H and O–H groups in total. The Hall–Kier alpha value is -0.0400. The quantitative estimate of drug-likeness (QED) is 0.683. The second kappa shape index (κ2) is 8.19. The van der Waals surface area contributed by atoms with Crippen LogP contribution >= 0.6 is 0 Å². The van der Waals surface area contributed by atoms with Crippen LogP contribution in [0.25, 0.3) is 0 Å². The lowest BCUT2D eigenvalue weighted by atomic mass is 9.72. The molecule has 1 heteroatoms. The fraction of sp³-hybridized carbons (Fsp3) is 1.00. The Morgan fingerprint density at radius 1 is 1.11 bits per heavy atom. The lowest BCUT2D eigenvalue weighted by Gasteiger charge is -2.39. The van der Waals surface area contributed by atoms with Crippen LogP contribution < -0.4 is 5.32 Å². The van der Waals surface area contributed by atoms with Crippen LogP contribution in [0.1, 0.15) is 73.1 Å². The first-order valence-electron chi connectivity index (χ1n) is 8.33. The fourth-order valence-electron chi connectivity index (χ4n) is 3.54. The summed E-state index contributed by atoms with van der Waals surface area (Å²) in [6.45, 7) is 13.0. The van der Waals surface area contributed by atoms with Crippen LogP contribution in [0.3, 0.4) is 0 Å². The molecule has 1 nitrogen and oxygen atoms in total. The first-order valence-corrected chi connectivity index (χ1v) is 8.33. The maximum atomic E-state index is 3.86. The molecule has 0 aromatic carbocycles. The Kier molecular flexibility index (Phi) is 7.29. The Labute approximate surface area is 115 Å². The average molecular weight is 253 g/mol. The summed E-state index contributed by atoms with van der Waals surface area (Å²) in [6.07, 6.45) is 8.49. The van der Waals surface area contributed by atoms with Gasteiger partial charge in [-0.05, 0) is 49.5 Å². The van der Waals surface area contributed by atoms with Gasteiger partial charge in [-0.2, -0.15) is 0 Å². The van der Waals surface area contributed by atoms with Crippen molar-refractivity contribution in [2.24, 2.45) is 23.7 Å². The predicted octanol–water partition coefficient (Wildman–Crippen LogP) is 4.86. The topological polar surface area (TPSA) is 12.0 Å². The second-order valence-corrected chi connectivity index (χ2v) is 6.78. The normalized spacial score (nSPS) is 28.3. The number of rotatable bonds is 7. The molecule has 1 saturated carbocycles. The Bertz CT molecular complexity index is 212. The van der Waals surface area contributed by atoms with Gasteiger partial charge in [0.15, 0.2) is 0 Å². The molecule has 1 rings (SSSR count). The first-order chi connectivity index (χ1) is 8.60. The molecule has 4 atom stereocenters. The second-order valence-electron chi connectivity index (χ2n) is 6.78. The van der Waals surface area contributed by atoms with Crippen molar-refractivity contribution in [2.75, 3.05) is 6.54 Å². The molecule has 0 amide bonds. The minimum atomic E-state index is 0.749. The van der Waals surface area contributed by atoms with E-state index < -0.39 is 0 Å². The summed E-state index contributed by atoms with van der Waals surface area (Å²) in [4.78, 5) is 0. The van der Waals surface area contributed by atoms with E-state index >= 15 is 0 Å². The van der Waals surface area contributed by atoms with E-state index in [2.05, 4.69) is 39.9 Å². The van der Waals surface area contributed by atoms with Crippen molar-refractivity contribution in [1.29, 1.82) is 0 Å². The molecule has 0 aliphatic heterocycles. The van der Waals surface area contributed by atoms with Crippen molar-refractivity contribution in [2.45, 2.75) is 79.2 Å². The third-order valence-corrected chi connectivity index (χ3v) is 5.16. The average Bonchev–Trinajstić information content (AvgIpc) is 2.39. The van der Waals surface area contributed by atoms with Gasteiger partial charge in [0.25, 0.3) is 0 Å². The molecule has 0 bridgehead atoms. The van der Waals surface area contributed by atoms with Crippen molar-refractivity contribution in [1.82, 2.24) is 5.32 Å². The van der Waals surface area contributed by atoms with Crippen molar-refractivity contribution in [3.05, 3.63) is 0 Å². The van der Waals surface area contributed by atoms with E-state index in [0.717, 1.165) is 29.7 Å². The van der Waals surface area contributed by atoms with Crippen molar-refractivity contribution in [3.63, 3.8) is 0 Å². The predicted molar refractivity (Wildman–Crippen MR) is 81.8 cm³/mol. The molecule has 0 aromatic rings. The Balaban J connectivity index is 2.62. The van der Waals surface area contributed by atoms with Crippen LogP contribution in [0.4, 0.5) is 0 Å². The van der Waals surface area contributed by atoms with E-state index in [4.69, 9.17) is 0 Å². The zero-order valence-corrected chi connectivity index (χ0v) is 13.3. The van der Waals surface area contributed by atoms with Gasteiger partial charge in [0.05, 0.1) is 0 Å². The molecule has 1 fully saturated rings. The van der Waals surface area contributed by atoms with E-state index in [1.165, 1.54) is 45.1 Å². The first kappa shape index (κ1) is 16.0. The zero-order chi connectivity index (χ0) is 13.5. The van der Waals surface area contributed by atoms with Crippen LogP contribution in [0.2, 0.25) is 0 Å². The molecular formula is C17H35N. The SMILES string of the molecule is CCCNC(C1CCCC(CC)C1)C(C)C(C)C. The Morgan fingerprint density at radius 3 is 2.39 bits per heavy atom. The van der Waals surface area contributed by atoms with E-state index in [1.54, 1.807) is 0 Å². The van der Waals surface area contributed by atoms with E-state index in [0.29, 0.717) is 0 Å². The van der Waals surface area contributed by atoms with Crippen molar-refractivity contribution >= 4 is 0 Å². The summed E-state index contributed by atoms with van der Waals surface area (Å²) in [6, 6.07) is 0.749. The lowest BCUT2D eigenvalue weighted by molar-refractivity contribution is 0.152. The summed E-state index contributed by atoms with van der Waals surface area (Å²) in [7, 11) is 0. The largest absolute Gasteiger partial charge is 0.313 e. The van der Waals surface area contributed by atoms with E-state index in [9.17, 15) is 0 Å². The molecule has 0 radical (unpaired) electrons. The highest BCUT2D eigenvalue weighted by Gasteiger charge is 2.31. The molecule has 0 saturated heterocycles. The highest BCUT2D eigenvalue weighted by molar-refractivity contribution is 4.86. The zero-order valence-electron chi connectivity index (χ0n) is 13.3. The Morgan fingerprint density at radius 2 is 1.83 bits per heavy atom. The molecule has 1 aliphatic rings. The van der Waals surface area contributed by atoms with Crippen LogP contribution in [0, 0.1) is 23.7 Å². The van der Waals surface area contributed by atoms with Gasteiger partial charge in [0, 0.05) is 6.04 Å². The molecular weight excluding hydrogens is 218 g/mol. The van der Waals surface area contributed by atoms with Crippen molar-refractivity contribution < 1.29 is 0 Å².